The third kappa shape index (κ3) is 5.61. The molecule has 4 heteroatoms. The van der Waals surface area contributed by atoms with Crippen molar-refractivity contribution in [3.63, 3.8) is 0 Å². The number of hydrogen-bond donors (Lipinski definition) is 1. The first-order valence-electron chi connectivity index (χ1n) is 7.51. The van der Waals surface area contributed by atoms with E-state index in [0.717, 1.165) is 32.5 Å². The molecule has 0 unspecified atom stereocenters. The summed E-state index contributed by atoms with van der Waals surface area (Å²) in [6, 6.07) is 10.3. The van der Waals surface area contributed by atoms with Gasteiger partial charge in [-0.15, -0.1) is 0 Å². The molecule has 1 heterocycles. The topological polar surface area (TPSA) is 41.6 Å². The summed E-state index contributed by atoms with van der Waals surface area (Å²) in [5.41, 5.74) is 1.28. The van der Waals surface area contributed by atoms with Crippen LogP contribution < -0.4 is 5.32 Å². The van der Waals surface area contributed by atoms with Gasteiger partial charge in [-0.25, -0.2) is 4.79 Å². The summed E-state index contributed by atoms with van der Waals surface area (Å²) in [7, 11) is 0. The van der Waals surface area contributed by atoms with Gasteiger partial charge in [-0.3, -0.25) is 0 Å². The van der Waals surface area contributed by atoms with Crippen molar-refractivity contribution in [2.45, 2.75) is 25.7 Å². The Kier molecular flexibility index (Phi) is 6.38. The lowest BCUT2D eigenvalue weighted by Crippen LogP contribution is -2.33. The number of ether oxygens (including phenoxy) is 1. The van der Waals surface area contributed by atoms with Gasteiger partial charge in [0.2, 0.25) is 0 Å². The first kappa shape index (κ1) is 14.9. The van der Waals surface area contributed by atoms with Crippen LogP contribution in [-0.2, 0) is 11.2 Å². The molecule has 0 aliphatic carbocycles. The molecular weight excluding hydrogens is 252 g/mol. The largest absolute Gasteiger partial charge is 0.450 e. The predicted molar refractivity (Wildman–Crippen MR) is 79.8 cm³/mol. The van der Waals surface area contributed by atoms with Gasteiger partial charge in [-0.05, 0) is 44.3 Å². The minimum atomic E-state index is -0.294. The van der Waals surface area contributed by atoms with Gasteiger partial charge in [0.15, 0.2) is 0 Å². The van der Waals surface area contributed by atoms with E-state index in [1.165, 1.54) is 18.4 Å². The quantitative estimate of drug-likeness (QED) is 0.778. The van der Waals surface area contributed by atoms with Crippen molar-refractivity contribution in [3.05, 3.63) is 35.9 Å². The second-order valence-electron chi connectivity index (χ2n) is 5.20. The van der Waals surface area contributed by atoms with Crippen molar-refractivity contribution in [2.75, 3.05) is 32.8 Å². The number of nitrogens with one attached hydrogen (secondary N) is 1. The maximum absolute atomic E-state index is 11.5. The highest BCUT2D eigenvalue weighted by Gasteiger charge is 2.11. The van der Waals surface area contributed by atoms with Crippen LogP contribution in [0.1, 0.15) is 24.8 Å². The van der Waals surface area contributed by atoms with Crippen LogP contribution in [-0.4, -0.2) is 43.8 Å². The van der Waals surface area contributed by atoms with Crippen LogP contribution in [0.25, 0.3) is 0 Å². The number of amides is 1. The Morgan fingerprint density at radius 2 is 1.95 bits per heavy atom. The molecule has 1 saturated heterocycles. The standard InChI is InChI=1S/C16H24N2O2/c19-16(17-10-13-18-11-4-5-12-18)20-14-6-9-15-7-2-1-3-8-15/h1-3,7-8H,4-6,9-14H2,(H,17,19). The van der Waals surface area contributed by atoms with Gasteiger partial charge < -0.3 is 15.0 Å². The first-order chi connectivity index (χ1) is 9.84. The molecule has 20 heavy (non-hydrogen) atoms. The normalized spacial score (nSPS) is 15.2. The Balaban J connectivity index is 1.47. The molecule has 4 nitrogen and oxygen atoms in total. The van der Waals surface area contributed by atoms with Gasteiger partial charge in [-0.2, -0.15) is 0 Å². The third-order valence-corrected chi connectivity index (χ3v) is 3.58. The summed E-state index contributed by atoms with van der Waals surface area (Å²) < 4.78 is 5.16. The molecule has 0 spiro atoms. The fourth-order valence-electron chi connectivity index (χ4n) is 2.46. The van der Waals surface area contributed by atoms with Gasteiger partial charge in [0.05, 0.1) is 6.61 Å². The predicted octanol–water partition coefficient (Wildman–Crippen LogP) is 2.44. The molecule has 0 bridgehead atoms. The van der Waals surface area contributed by atoms with Crippen LogP contribution in [0, 0.1) is 0 Å². The minimum absolute atomic E-state index is 0.294. The van der Waals surface area contributed by atoms with E-state index in [4.69, 9.17) is 4.74 Å². The summed E-state index contributed by atoms with van der Waals surface area (Å²) in [5, 5.41) is 2.81. The average molecular weight is 276 g/mol. The summed E-state index contributed by atoms with van der Waals surface area (Å²) in [6.07, 6.45) is 4.08. The van der Waals surface area contributed by atoms with Crippen LogP contribution in [0.2, 0.25) is 0 Å². The minimum Gasteiger partial charge on any atom is -0.450 e. The Labute approximate surface area is 121 Å². The number of likely N-dealkylation sites (tertiary alicyclic amines) is 1. The highest BCUT2D eigenvalue weighted by molar-refractivity contribution is 5.67. The van der Waals surface area contributed by atoms with E-state index < -0.39 is 0 Å². The Morgan fingerprint density at radius 1 is 1.20 bits per heavy atom. The SMILES string of the molecule is O=C(NCCN1CCCC1)OCCCc1ccccc1. The number of carbonyl (C=O) groups excluding carboxylic acids is 1. The molecule has 110 valence electrons. The number of carbonyl (C=O) groups is 1. The van der Waals surface area contributed by atoms with Crippen LogP contribution >= 0.6 is 0 Å². The molecule has 1 aliphatic rings. The maximum Gasteiger partial charge on any atom is 0.407 e. The van der Waals surface area contributed by atoms with E-state index in [0.29, 0.717) is 13.2 Å². The van der Waals surface area contributed by atoms with Gasteiger partial charge in [-0.1, -0.05) is 30.3 Å². The lowest BCUT2D eigenvalue weighted by molar-refractivity contribution is 0.143. The molecule has 1 aromatic carbocycles. The average Bonchev–Trinajstić information content (AvgIpc) is 2.98. The van der Waals surface area contributed by atoms with E-state index in [2.05, 4.69) is 22.3 Å². The fourth-order valence-corrected chi connectivity index (χ4v) is 2.46. The van der Waals surface area contributed by atoms with Gasteiger partial charge in [0.25, 0.3) is 0 Å². The van der Waals surface area contributed by atoms with Crippen LogP contribution in [0.4, 0.5) is 4.79 Å². The van der Waals surface area contributed by atoms with Crippen LogP contribution in [0.15, 0.2) is 30.3 Å². The van der Waals surface area contributed by atoms with Crippen molar-refractivity contribution in [3.8, 4) is 0 Å². The Morgan fingerprint density at radius 3 is 2.70 bits per heavy atom. The Bertz CT molecular complexity index is 389. The molecule has 0 radical (unpaired) electrons. The number of nitrogens with zero attached hydrogens (tertiary/aromatic N) is 1. The zero-order valence-corrected chi connectivity index (χ0v) is 12.0. The molecule has 0 saturated carbocycles. The molecule has 2 rings (SSSR count). The van der Waals surface area contributed by atoms with Crippen molar-refractivity contribution < 1.29 is 9.53 Å². The molecule has 0 aromatic heterocycles. The van der Waals surface area contributed by atoms with E-state index in [1.54, 1.807) is 0 Å². The van der Waals surface area contributed by atoms with E-state index in [9.17, 15) is 4.79 Å². The molecular formula is C16H24N2O2. The van der Waals surface area contributed by atoms with Gasteiger partial charge in [0, 0.05) is 13.1 Å². The van der Waals surface area contributed by atoms with E-state index >= 15 is 0 Å². The van der Waals surface area contributed by atoms with Gasteiger partial charge >= 0.3 is 6.09 Å². The van der Waals surface area contributed by atoms with E-state index in [1.807, 2.05) is 18.2 Å². The number of benzene rings is 1. The van der Waals surface area contributed by atoms with Crippen molar-refractivity contribution in [2.24, 2.45) is 0 Å². The van der Waals surface area contributed by atoms with Crippen molar-refractivity contribution in [1.82, 2.24) is 10.2 Å². The van der Waals surface area contributed by atoms with Crippen molar-refractivity contribution in [1.29, 1.82) is 0 Å². The number of hydrogen-bond acceptors (Lipinski definition) is 3. The van der Waals surface area contributed by atoms with Crippen LogP contribution in [0.5, 0.6) is 0 Å². The zero-order chi connectivity index (χ0) is 14.0. The van der Waals surface area contributed by atoms with E-state index in [-0.39, 0.29) is 6.09 Å². The smallest absolute Gasteiger partial charge is 0.407 e. The van der Waals surface area contributed by atoms with Crippen LogP contribution in [0.3, 0.4) is 0 Å². The zero-order valence-electron chi connectivity index (χ0n) is 12.0. The summed E-state index contributed by atoms with van der Waals surface area (Å²) in [5.74, 6) is 0. The monoisotopic (exact) mass is 276 g/mol. The molecule has 1 amide bonds. The molecule has 1 fully saturated rings. The molecule has 0 atom stereocenters. The highest BCUT2D eigenvalue weighted by atomic mass is 16.5. The summed E-state index contributed by atoms with van der Waals surface area (Å²) >= 11 is 0. The fraction of sp³-hybridized carbons (Fsp3) is 0.562. The molecule has 1 N–H and O–H groups in total. The second kappa shape index (κ2) is 8.59. The van der Waals surface area contributed by atoms with Crippen molar-refractivity contribution >= 4 is 6.09 Å². The number of rotatable bonds is 7. The summed E-state index contributed by atoms with van der Waals surface area (Å²) in [6.45, 7) is 4.41. The third-order valence-electron chi connectivity index (χ3n) is 3.58. The second-order valence-corrected chi connectivity index (χ2v) is 5.20. The summed E-state index contributed by atoms with van der Waals surface area (Å²) in [4.78, 5) is 13.8. The van der Waals surface area contributed by atoms with Gasteiger partial charge in [0.1, 0.15) is 0 Å². The number of aryl methyl sites for hydroxylation is 1. The molecule has 1 aliphatic heterocycles. The Hall–Kier alpha value is -1.55. The lowest BCUT2D eigenvalue weighted by Gasteiger charge is -2.14. The lowest BCUT2D eigenvalue weighted by atomic mass is 10.1. The first-order valence-corrected chi connectivity index (χ1v) is 7.51. The molecule has 1 aromatic rings. The highest BCUT2D eigenvalue weighted by Crippen LogP contribution is 2.05. The maximum atomic E-state index is 11.5. The number of alkyl carbamates (subject to hydrolysis) is 1.